The van der Waals surface area contributed by atoms with Crippen molar-refractivity contribution in [3.05, 3.63) is 24.8 Å². The van der Waals surface area contributed by atoms with Crippen molar-refractivity contribution < 1.29 is 26.3 Å². The molecule has 12 heavy (non-hydrogen) atoms. The van der Waals surface area contributed by atoms with Crippen LogP contribution in [-0.4, -0.2) is 12.9 Å². The molecule has 0 aromatic rings. The van der Waals surface area contributed by atoms with E-state index in [2.05, 4.69) is 13.2 Å². The Morgan fingerprint density at radius 3 is 0.833 bits per heavy atom. The lowest BCUT2D eigenvalue weighted by molar-refractivity contribution is 0.159. The SMILES string of the molecule is C=C(F)C(F)F.C=C(F)C(F)F. The molecule has 0 aliphatic carbocycles. The Kier molecular flexibility index (Phi) is 7.67. The van der Waals surface area contributed by atoms with E-state index < -0.39 is 24.5 Å². The second kappa shape index (κ2) is 6.75. The quantitative estimate of drug-likeness (QED) is 0.587. The van der Waals surface area contributed by atoms with Crippen LogP contribution in [0.5, 0.6) is 0 Å². The lowest BCUT2D eigenvalue weighted by atomic mass is 10.6. The van der Waals surface area contributed by atoms with E-state index in [9.17, 15) is 26.3 Å². The number of halogens is 6. The molecule has 0 nitrogen and oxygen atoms in total. The van der Waals surface area contributed by atoms with E-state index in [1.54, 1.807) is 0 Å². The van der Waals surface area contributed by atoms with E-state index in [0.29, 0.717) is 0 Å². The zero-order valence-corrected chi connectivity index (χ0v) is 5.84. The van der Waals surface area contributed by atoms with E-state index in [-0.39, 0.29) is 0 Å². The molecule has 0 rings (SSSR count). The first-order valence-corrected chi connectivity index (χ1v) is 2.54. The second-order valence-electron chi connectivity index (χ2n) is 1.50. The first-order valence-electron chi connectivity index (χ1n) is 2.54. The number of rotatable bonds is 2. The standard InChI is InChI=1S/2C3H3F3/c2*1-2(4)3(5)6/h2*3H,1H2. The molecule has 0 atom stereocenters. The highest BCUT2D eigenvalue weighted by molar-refractivity contribution is 4.82. The van der Waals surface area contributed by atoms with Gasteiger partial charge in [0.2, 0.25) is 0 Å². The topological polar surface area (TPSA) is 0 Å². The van der Waals surface area contributed by atoms with Gasteiger partial charge in [0.1, 0.15) is 0 Å². The van der Waals surface area contributed by atoms with Crippen molar-refractivity contribution in [2.75, 3.05) is 0 Å². The fourth-order valence-corrected chi connectivity index (χ4v) is 0. The summed E-state index contributed by atoms with van der Waals surface area (Å²) in [5.74, 6) is -3.15. The van der Waals surface area contributed by atoms with Gasteiger partial charge in [-0.3, -0.25) is 0 Å². The molecule has 0 saturated carbocycles. The van der Waals surface area contributed by atoms with Crippen LogP contribution in [0.1, 0.15) is 0 Å². The molecule has 0 heterocycles. The fourth-order valence-electron chi connectivity index (χ4n) is 0. The van der Waals surface area contributed by atoms with E-state index in [1.807, 2.05) is 0 Å². The molecule has 0 spiro atoms. The highest BCUT2D eigenvalue weighted by Crippen LogP contribution is 2.04. The molecular formula is C6H6F6. The van der Waals surface area contributed by atoms with Crippen LogP contribution < -0.4 is 0 Å². The summed E-state index contributed by atoms with van der Waals surface area (Å²) in [6.45, 7) is 4.68. The normalized spacial score (nSPS) is 9.33. The average Bonchev–Trinajstić information content (AvgIpc) is 1.88. The lowest BCUT2D eigenvalue weighted by Gasteiger charge is -1.84. The maximum absolute atomic E-state index is 10.9. The maximum Gasteiger partial charge on any atom is 0.288 e. The highest BCUT2D eigenvalue weighted by Gasteiger charge is 2.04. The van der Waals surface area contributed by atoms with Crippen LogP contribution in [0, 0.1) is 0 Å². The minimum Gasteiger partial charge on any atom is -0.206 e. The second-order valence-corrected chi connectivity index (χ2v) is 1.50. The number of hydrogen-bond donors (Lipinski definition) is 0. The van der Waals surface area contributed by atoms with Gasteiger partial charge in [0.15, 0.2) is 11.7 Å². The third-order valence-electron chi connectivity index (χ3n) is 0.474. The van der Waals surface area contributed by atoms with Crippen molar-refractivity contribution in [2.45, 2.75) is 12.9 Å². The summed E-state index contributed by atoms with van der Waals surface area (Å²) in [5, 5.41) is 0. The van der Waals surface area contributed by atoms with Gasteiger partial charge in [-0.25, -0.2) is 26.3 Å². The molecule has 0 aliphatic rings. The predicted octanol–water partition coefficient (Wildman–Crippen LogP) is 3.47. The summed E-state index contributed by atoms with van der Waals surface area (Å²) >= 11 is 0. The average molecular weight is 192 g/mol. The summed E-state index contributed by atoms with van der Waals surface area (Å²) in [7, 11) is 0. The van der Waals surface area contributed by atoms with Gasteiger partial charge in [-0.15, -0.1) is 0 Å². The van der Waals surface area contributed by atoms with Gasteiger partial charge in [-0.2, -0.15) is 0 Å². The van der Waals surface area contributed by atoms with Crippen molar-refractivity contribution in [1.29, 1.82) is 0 Å². The molecule has 0 aliphatic heterocycles. The number of allylic oxidation sites excluding steroid dienone is 2. The summed E-state index contributed by atoms with van der Waals surface area (Å²) in [5.41, 5.74) is 0. The minimum atomic E-state index is -3.01. The third-order valence-corrected chi connectivity index (χ3v) is 0.474. The van der Waals surface area contributed by atoms with Crippen molar-refractivity contribution in [3.63, 3.8) is 0 Å². The molecular weight excluding hydrogens is 186 g/mol. The monoisotopic (exact) mass is 192 g/mol. The van der Waals surface area contributed by atoms with E-state index >= 15 is 0 Å². The van der Waals surface area contributed by atoms with Gasteiger partial charge < -0.3 is 0 Å². The molecule has 0 fully saturated rings. The molecule has 0 radical (unpaired) electrons. The fraction of sp³-hybridized carbons (Fsp3) is 0.333. The van der Waals surface area contributed by atoms with Crippen molar-refractivity contribution in [1.82, 2.24) is 0 Å². The summed E-state index contributed by atoms with van der Waals surface area (Å²) in [4.78, 5) is 0. The molecule has 0 N–H and O–H groups in total. The van der Waals surface area contributed by atoms with E-state index in [1.165, 1.54) is 0 Å². The molecule has 6 heteroatoms. The first-order chi connectivity index (χ1) is 5.29. The Morgan fingerprint density at radius 1 is 0.750 bits per heavy atom. The van der Waals surface area contributed by atoms with Crippen LogP contribution in [0.25, 0.3) is 0 Å². The van der Waals surface area contributed by atoms with Crippen LogP contribution in [0.4, 0.5) is 26.3 Å². The van der Waals surface area contributed by atoms with Gasteiger partial charge in [0.25, 0.3) is 12.9 Å². The predicted molar refractivity (Wildman–Crippen MR) is 32.5 cm³/mol. The summed E-state index contributed by atoms with van der Waals surface area (Å²) < 4.78 is 64.5. The number of alkyl halides is 4. The molecule has 0 amide bonds. The first kappa shape index (κ1) is 13.6. The Bertz CT molecular complexity index is 132. The smallest absolute Gasteiger partial charge is 0.206 e. The van der Waals surface area contributed by atoms with Crippen molar-refractivity contribution >= 4 is 0 Å². The summed E-state index contributed by atoms with van der Waals surface area (Å²) in [6.07, 6.45) is -6.02. The van der Waals surface area contributed by atoms with Crippen LogP contribution in [0.2, 0.25) is 0 Å². The zero-order valence-electron chi connectivity index (χ0n) is 5.84. The zero-order chi connectivity index (χ0) is 10.3. The Morgan fingerprint density at radius 2 is 0.833 bits per heavy atom. The van der Waals surface area contributed by atoms with Gasteiger partial charge in [-0.05, 0) is 0 Å². The van der Waals surface area contributed by atoms with Gasteiger partial charge in [0, 0.05) is 0 Å². The largest absolute Gasteiger partial charge is 0.288 e. The Balaban J connectivity index is 0. The Hall–Kier alpha value is -0.940. The van der Waals surface area contributed by atoms with Crippen molar-refractivity contribution in [3.8, 4) is 0 Å². The van der Waals surface area contributed by atoms with Crippen LogP contribution in [0.15, 0.2) is 24.8 Å². The van der Waals surface area contributed by atoms with Crippen LogP contribution >= 0.6 is 0 Å². The number of hydrogen-bond acceptors (Lipinski definition) is 0. The summed E-state index contributed by atoms with van der Waals surface area (Å²) in [6, 6.07) is 0. The molecule has 72 valence electrons. The molecule has 0 saturated heterocycles. The molecule has 0 bridgehead atoms. The van der Waals surface area contributed by atoms with Gasteiger partial charge in [-0.1, -0.05) is 13.2 Å². The van der Waals surface area contributed by atoms with Crippen LogP contribution in [0.3, 0.4) is 0 Å². The van der Waals surface area contributed by atoms with Gasteiger partial charge >= 0.3 is 0 Å². The molecule has 0 aromatic heterocycles. The van der Waals surface area contributed by atoms with E-state index in [4.69, 9.17) is 0 Å². The maximum atomic E-state index is 10.9. The minimum absolute atomic E-state index is 1.57. The lowest BCUT2D eigenvalue weighted by Crippen LogP contribution is -1.85. The van der Waals surface area contributed by atoms with Crippen molar-refractivity contribution in [2.24, 2.45) is 0 Å². The Labute approximate surface area is 65.2 Å². The van der Waals surface area contributed by atoms with Gasteiger partial charge in [0.05, 0.1) is 0 Å². The molecule has 0 aromatic carbocycles. The third kappa shape index (κ3) is 11.8. The highest BCUT2D eigenvalue weighted by atomic mass is 19.3. The molecule has 0 unspecified atom stereocenters. The van der Waals surface area contributed by atoms with Crippen LogP contribution in [-0.2, 0) is 0 Å². The van der Waals surface area contributed by atoms with E-state index in [0.717, 1.165) is 0 Å².